The molecule has 2 fully saturated rings. The van der Waals surface area contributed by atoms with Crippen molar-refractivity contribution in [2.45, 2.75) is 69.2 Å². The number of hydrogen-bond acceptors (Lipinski definition) is 4. The Morgan fingerprint density at radius 1 is 1.13 bits per heavy atom. The van der Waals surface area contributed by atoms with E-state index in [1.165, 1.54) is 0 Å². The number of fused-ring (bicyclic) bond motifs is 1. The molecule has 0 saturated carbocycles. The lowest BCUT2D eigenvalue weighted by atomic mass is 10.0. The van der Waals surface area contributed by atoms with Gasteiger partial charge in [-0.15, -0.1) is 0 Å². The van der Waals surface area contributed by atoms with Crippen LogP contribution in [0.5, 0.6) is 0 Å². The number of rotatable bonds is 8. The normalized spacial score (nSPS) is 24.9. The molecule has 0 aliphatic carbocycles. The zero-order chi connectivity index (χ0) is 17.2. The minimum absolute atomic E-state index is 0.0640. The van der Waals surface area contributed by atoms with E-state index < -0.39 is 11.9 Å². The van der Waals surface area contributed by atoms with Crippen LogP contribution >= 0.6 is 11.8 Å². The second kappa shape index (κ2) is 10.4. The lowest BCUT2D eigenvalue weighted by molar-refractivity contribution is -0.138. The monoisotopic (exact) mass is 346 g/mol. The topological polar surface area (TPSA) is 116 Å². The number of amides is 2. The summed E-state index contributed by atoms with van der Waals surface area (Å²) >= 11 is 1.87. The molecule has 2 aliphatic rings. The number of nitrogens with one attached hydrogen (secondary N) is 2. The van der Waals surface area contributed by atoms with E-state index in [2.05, 4.69) is 10.6 Å². The number of carbonyl (C=O) groups is 3. The maximum Gasteiger partial charge on any atom is 0.315 e. The molecule has 23 heavy (non-hydrogen) atoms. The second-order valence-electron chi connectivity index (χ2n) is 5.76. The van der Waals surface area contributed by atoms with Crippen LogP contribution in [0, 0.1) is 0 Å². The van der Waals surface area contributed by atoms with E-state index in [1.807, 2.05) is 18.7 Å². The highest BCUT2D eigenvalue weighted by atomic mass is 32.2. The number of urea groups is 1. The predicted octanol–water partition coefficient (Wildman–Crippen LogP) is 2.06. The van der Waals surface area contributed by atoms with Crippen molar-refractivity contribution < 1.29 is 24.6 Å². The highest BCUT2D eigenvalue weighted by Gasteiger charge is 2.42. The largest absolute Gasteiger partial charge is 0.481 e. The van der Waals surface area contributed by atoms with Gasteiger partial charge < -0.3 is 20.8 Å². The van der Waals surface area contributed by atoms with E-state index in [4.69, 9.17) is 10.2 Å². The van der Waals surface area contributed by atoms with Crippen molar-refractivity contribution in [1.82, 2.24) is 10.6 Å². The average molecular weight is 346 g/mol. The fraction of sp³-hybridized carbons (Fsp3) is 0.800. The van der Waals surface area contributed by atoms with E-state index in [0.717, 1.165) is 37.9 Å². The summed E-state index contributed by atoms with van der Waals surface area (Å²) in [6.07, 6.45) is 4.96. The minimum atomic E-state index is -0.729. The van der Waals surface area contributed by atoms with Gasteiger partial charge in [-0.2, -0.15) is 11.8 Å². The van der Waals surface area contributed by atoms with Crippen LogP contribution in [0.3, 0.4) is 0 Å². The maximum atomic E-state index is 11.1. The molecule has 0 bridgehead atoms. The fourth-order valence-corrected chi connectivity index (χ4v) is 4.14. The molecule has 2 saturated heterocycles. The van der Waals surface area contributed by atoms with Crippen LogP contribution in [0.15, 0.2) is 0 Å². The van der Waals surface area contributed by atoms with Gasteiger partial charge >= 0.3 is 18.0 Å². The van der Waals surface area contributed by atoms with Gasteiger partial charge in [0, 0.05) is 23.8 Å². The Bertz CT molecular complexity index is 419. The number of carboxylic acids is 2. The first kappa shape index (κ1) is 19.6. The van der Waals surface area contributed by atoms with Gasteiger partial charge in [0.15, 0.2) is 0 Å². The van der Waals surface area contributed by atoms with E-state index >= 15 is 0 Å². The van der Waals surface area contributed by atoms with Gasteiger partial charge in [0.2, 0.25) is 0 Å². The Morgan fingerprint density at radius 3 is 2.35 bits per heavy atom. The molecular weight excluding hydrogens is 320 g/mol. The highest BCUT2D eigenvalue weighted by Crippen LogP contribution is 2.33. The summed E-state index contributed by atoms with van der Waals surface area (Å²) < 4.78 is 0. The van der Waals surface area contributed by atoms with Crippen molar-refractivity contribution in [1.29, 1.82) is 0 Å². The number of aliphatic carboxylic acids is 2. The SMILES string of the molecule is CCCCC(=O)O.O=C(O)CCCC[C@H]1SC[C@H]2NC(=O)N[C@H]21. The Labute approximate surface area is 140 Å². The summed E-state index contributed by atoms with van der Waals surface area (Å²) in [4.78, 5) is 31.2. The molecule has 0 unspecified atom stereocenters. The molecule has 0 spiro atoms. The third kappa shape index (κ3) is 7.58. The Morgan fingerprint density at radius 2 is 1.78 bits per heavy atom. The smallest absolute Gasteiger partial charge is 0.315 e. The molecule has 2 heterocycles. The lowest BCUT2D eigenvalue weighted by Crippen LogP contribution is -2.36. The van der Waals surface area contributed by atoms with Crippen molar-refractivity contribution >= 4 is 29.7 Å². The van der Waals surface area contributed by atoms with Crippen LogP contribution < -0.4 is 10.6 Å². The fourth-order valence-electron chi connectivity index (χ4n) is 2.59. The summed E-state index contributed by atoms with van der Waals surface area (Å²) in [5, 5.41) is 22.8. The minimum Gasteiger partial charge on any atom is -0.481 e. The maximum absolute atomic E-state index is 11.1. The zero-order valence-corrected chi connectivity index (χ0v) is 14.2. The number of unbranched alkanes of at least 4 members (excludes halogenated alkanes) is 2. The standard InChI is InChI=1S/C10H16N2O3S.C5H10O2/c13-8(14)4-2-1-3-7-9-6(5-16-7)11-10(15)12-9;1-2-3-4-5(6)7/h6-7,9H,1-5H2,(H,13,14)(H2,11,12,15);2-4H2,1H3,(H,6,7)/t6-,7-,9-;/m1./s1. The van der Waals surface area contributed by atoms with Crippen LogP contribution in [0.4, 0.5) is 4.79 Å². The quantitative estimate of drug-likeness (QED) is 0.395. The van der Waals surface area contributed by atoms with Gasteiger partial charge in [0.25, 0.3) is 0 Å². The van der Waals surface area contributed by atoms with Gasteiger partial charge in [-0.25, -0.2) is 4.79 Å². The van der Waals surface area contributed by atoms with E-state index in [9.17, 15) is 14.4 Å². The summed E-state index contributed by atoms with van der Waals surface area (Å²) in [5.41, 5.74) is 0. The van der Waals surface area contributed by atoms with E-state index in [1.54, 1.807) is 0 Å². The molecule has 4 N–H and O–H groups in total. The van der Waals surface area contributed by atoms with Gasteiger partial charge in [-0.3, -0.25) is 9.59 Å². The Kier molecular flexibility index (Phi) is 8.83. The molecule has 0 radical (unpaired) electrons. The number of hydrogen-bond donors (Lipinski definition) is 4. The van der Waals surface area contributed by atoms with Crippen LogP contribution in [-0.2, 0) is 9.59 Å². The third-order valence-corrected chi connectivity index (χ3v) is 5.32. The molecule has 0 aromatic rings. The predicted molar refractivity (Wildman–Crippen MR) is 88.8 cm³/mol. The van der Waals surface area contributed by atoms with Crippen LogP contribution in [0.25, 0.3) is 0 Å². The Balaban J connectivity index is 0.000000322. The first-order valence-corrected chi connectivity index (χ1v) is 9.11. The first-order valence-electron chi connectivity index (χ1n) is 8.06. The van der Waals surface area contributed by atoms with Crippen LogP contribution in [-0.4, -0.2) is 51.3 Å². The average Bonchev–Trinajstić information content (AvgIpc) is 3.01. The summed E-state index contributed by atoms with van der Waals surface area (Å²) in [6, 6.07) is 0.440. The number of carbonyl (C=O) groups excluding carboxylic acids is 1. The second-order valence-corrected chi connectivity index (χ2v) is 7.03. The molecule has 7 nitrogen and oxygen atoms in total. The van der Waals surface area contributed by atoms with E-state index in [-0.39, 0.29) is 24.5 Å². The van der Waals surface area contributed by atoms with Crippen molar-refractivity contribution in [2.24, 2.45) is 0 Å². The van der Waals surface area contributed by atoms with Crippen LogP contribution in [0.2, 0.25) is 0 Å². The zero-order valence-electron chi connectivity index (χ0n) is 13.4. The summed E-state index contributed by atoms with van der Waals surface area (Å²) in [6.45, 7) is 1.98. The van der Waals surface area contributed by atoms with Crippen molar-refractivity contribution in [3.05, 3.63) is 0 Å². The molecule has 2 aliphatic heterocycles. The van der Waals surface area contributed by atoms with Gasteiger partial charge in [0.05, 0.1) is 12.1 Å². The molecular formula is C15H26N2O5S. The van der Waals surface area contributed by atoms with Gasteiger partial charge in [-0.05, 0) is 19.3 Å². The molecule has 2 rings (SSSR count). The molecule has 0 aromatic heterocycles. The summed E-state index contributed by atoms with van der Waals surface area (Å²) in [5.74, 6) is -0.456. The number of thioether (sulfide) groups is 1. The first-order chi connectivity index (χ1) is 10.9. The molecule has 3 atom stereocenters. The molecule has 132 valence electrons. The highest BCUT2D eigenvalue weighted by molar-refractivity contribution is 8.00. The third-order valence-electron chi connectivity index (χ3n) is 3.81. The molecule has 2 amide bonds. The Hall–Kier alpha value is -1.44. The van der Waals surface area contributed by atoms with Crippen molar-refractivity contribution in [3.63, 3.8) is 0 Å². The van der Waals surface area contributed by atoms with Gasteiger partial charge in [0.1, 0.15) is 0 Å². The lowest BCUT2D eigenvalue weighted by Gasteiger charge is -2.16. The van der Waals surface area contributed by atoms with Crippen molar-refractivity contribution in [2.75, 3.05) is 5.75 Å². The van der Waals surface area contributed by atoms with Crippen molar-refractivity contribution in [3.8, 4) is 0 Å². The molecule has 0 aromatic carbocycles. The van der Waals surface area contributed by atoms with Crippen LogP contribution in [0.1, 0.15) is 51.9 Å². The van der Waals surface area contributed by atoms with Gasteiger partial charge in [-0.1, -0.05) is 19.8 Å². The summed E-state index contributed by atoms with van der Waals surface area (Å²) in [7, 11) is 0. The number of carboxylic acid groups (broad SMARTS) is 2. The van der Waals surface area contributed by atoms with E-state index in [0.29, 0.717) is 11.7 Å². The molecule has 8 heteroatoms.